The molecule has 2 saturated heterocycles. The van der Waals surface area contributed by atoms with Crippen molar-refractivity contribution < 1.29 is 28.7 Å². The highest BCUT2D eigenvalue weighted by Crippen LogP contribution is 2.28. The molecule has 2 aliphatic rings. The summed E-state index contributed by atoms with van der Waals surface area (Å²) in [5.74, 6) is -1.23. The number of amides is 5. The molecule has 0 saturated carbocycles. The summed E-state index contributed by atoms with van der Waals surface area (Å²) >= 11 is 0. The van der Waals surface area contributed by atoms with Gasteiger partial charge in [-0.3, -0.25) is 19.2 Å². The monoisotopic (exact) mass is 729 g/mol. The van der Waals surface area contributed by atoms with Gasteiger partial charge in [-0.1, -0.05) is 84.9 Å². The van der Waals surface area contributed by atoms with Gasteiger partial charge in [0.1, 0.15) is 18.1 Å². The van der Waals surface area contributed by atoms with Crippen molar-refractivity contribution in [2.24, 2.45) is 0 Å². The van der Waals surface area contributed by atoms with Crippen molar-refractivity contribution in [3.63, 3.8) is 0 Å². The van der Waals surface area contributed by atoms with E-state index >= 15 is 0 Å². The summed E-state index contributed by atoms with van der Waals surface area (Å²) in [4.78, 5) is 69.8. The highest BCUT2D eigenvalue weighted by molar-refractivity contribution is 5.99. The minimum atomic E-state index is -0.994. The van der Waals surface area contributed by atoms with Crippen LogP contribution >= 0.6 is 0 Å². The minimum Gasteiger partial charge on any atom is -0.453 e. The van der Waals surface area contributed by atoms with Crippen molar-refractivity contribution in [3.8, 4) is 11.1 Å². The normalized spacial score (nSPS) is 18.1. The largest absolute Gasteiger partial charge is 0.453 e. The van der Waals surface area contributed by atoms with Crippen LogP contribution in [0, 0.1) is 0 Å². The molecule has 280 valence electrons. The smallest absolute Gasteiger partial charge is 0.407 e. The zero-order chi connectivity index (χ0) is 38.0. The molecule has 6 rings (SSSR count). The second-order valence-corrected chi connectivity index (χ2v) is 13.8. The van der Waals surface area contributed by atoms with Crippen molar-refractivity contribution in [1.82, 2.24) is 15.1 Å². The highest BCUT2D eigenvalue weighted by Gasteiger charge is 2.37. The van der Waals surface area contributed by atoms with Gasteiger partial charge in [-0.2, -0.15) is 0 Å². The van der Waals surface area contributed by atoms with E-state index in [0.717, 1.165) is 42.4 Å². The van der Waals surface area contributed by atoms with E-state index in [9.17, 15) is 24.0 Å². The summed E-state index contributed by atoms with van der Waals surface area (Å²) in [6.45, 7) is 2.84. The molecule has 11 heteroatoms. The van der Waals surface area contributed by atoms with E-state index < -0.39 is 24.2 Å². The lowest BCUT2D eigenvalue weighted by Gasteiger charge is -2.37. The van der Waals surface area contributed by atoms with Gasteiger partial charge >= 0.3 is 6.09 Å². The van der Waals surface area contributed by atoms with Gasteiger partial charge in [0.25, 0.3) is 5.91 Å². The van der Waals surface area contributed by atoms with Crippen molar-refractivity contribution in [2.45, 2.75) is 69.5 Å². The molecule has 4 atom stereocenters. The molecule has 54 heavy (non-hydrogen) atoms. The number of nitrogens with one attached hydrogen (secondary N) is 3. The van der Waals surface area contributed by atoms with Crippen LogP contribution in [-0.2, 0) is 23.9 Å². The van der Waals surface area contributed by atoms with Gasteiger partial charge in [-0.25, -0.2) is 4.79 Å². The maximum Gasteiger partial charge on any atom is 0.407 e. The molecule has 0 aromatic heterocycles. The fraction of sp³-hybridized carbons (Fsp3) is 0.326. The molecular formula is C43H47N5O6. The Hall–Kier alpha value is -5.97. The Morgan fingerprint density at radius 3 is 1.50 bits per heavy atom. The molecule has 4 aromatic carbocycles. The Morgan fingerprint density at radius 2 is 1.04 bits per heavy atom. The SMILES string of the molecule is COC(=O)N[C@@H](C(=O)N1CCCC[C@H]1C(=O)Nc1ccc(-c2ccc(NC(=O)[C@@H]3CCCCN3C(=O)[C@H](C)c3ccccc3)cc2)cc1)c1ccccc1. The Kier molecular flexibility index (Phi) is 12.4. The number of carbonyl (C=O) groups is 5. The first-order valence-corrected chi connectivity index (χ1v) is 18.6. The van der Waals surface area contributed by atoms with E-state index in [0.29, 0.717) is 42.9 Å². The maximum absolute atomic E-state index is 13.8. The van der Waals surface area contributed by atoms with Gasteiger partial charge < -0.3 is 30.5 Å². The van der Waals surface area contributed by atoms with E-state index in [1.165, 1.54) is 7.11 Å². The number of ether oxygens (including phenoxy) is 1. The third-order valence-corrected chi connectivity index (χ3v) is 10.3. The fourth-order valence-corrected chi connectivity index (χ4v) is 7.29. The van der Waals surface area contributed by atoms with E-state index in [4.69, 9.17) is 4.74 Å². The molecule has 0 bridgehead atoms. The standard InChI is InChI=1S/C43H47N5O6/c1-29(30-13-5-3-6-14-30)41(51)47-27-11-9-17-36(47)39(49)44-34-23-19-31(20-24-34)32-21-25-35(26-22-32)45-40(50)37-18-10-12-28-48(37)42(52)38(46-43(53)54-2)33-15-7-4-8-16-33/h3-8,13-16,19-26,29,36-38H,9-12,17-18,27-28H2,1-2H3,(H,44,49)(H,45,50)(H,46,53)/t29-,36+,37+,38-/m1/s1. The number of rotatable bonds is 10. The summed E-state index contributed by atoms with van der Waals surface area (Å²) in [6, 6.07) is 31.3. The lowest BCUT2D eigenvalue weighted by Crippen LogP contribution is -2.53. The van der Waals surface area contributed by atoms with Crippen LogP contribution in [-0.4, -0.2) is 71.8 Å². The number of carbonyl (C=O) groups excluding carboxylic acids is 5. The molecule has 11 nitrogen and oxygen atoms in total. The Morgan fingerprint density at radius 1 is 0.593 bits per heavy atom. The van der Waals surface area contributed by atoms with E-state index in [-0.39, 0.29) is 29.5 Å². The van der Waals surface area contributed by atoms with E-state index in [2.05, 4.69) is 16.0 Å². The van der Waals surface area contributed by atoms with Gasteiger partial charge in [-0.15, -0.1) is 0 Å². The van der Waals surface area contributed by atoms with Crippen LogP contribution in [0.5, 0.6) is 0 Å². The van der Waals surface area contributed by atoms with Gasteiger partial charge in [0.2, 0.25) is 17.7 Å². The van der Waals surface area contributed by atoms with Crippen molar-refractivity contribution in [1.29, 1.82) is 0 Å². The zero-order valence-electron chi connectivity index (χ0n) is 30.7. The van der Waals surface area contributed by atoms with Gasteiger partial charge in [0.15, 0.2) is 0 Å². The average Bonchev–Trinajstić information content (AvgIpc) is 3.23. The summed E-state index contributed by atoms with van der Waals surface area (Å²) in [5, 5.41) is 8.63. The summed E-state index contributed by atoms with van der Waals surface area (Å²) < 4.78 is 4.78. The molecule has 4 aromatic rings. The number of piperidine rings is 2. The van der Waals surface area contributed by atoms with Crippen molar-refractivity contribution in [3.05, 3.63) is 120 Å². The molecule has 2 aliphatic heterocycles. The summed E-state index contributed by atoms with van der Waals surface area (Å²) in [6.07, 6.45) is 3.69. The number of alkyl carbamates (subject to hydrolysis) is 1. The number of anilines is 2. The van der Waals surface area contributed by atoms with Crippen LogP contribution in [0.4, 0.5) is 16.2 Å². The number of nitrogens with zero attached hydrogens (tertiary/aromatic N) is 2. The number of hydrogen-bond acceptors (Lipinski definition) is 6. The summed E-state index contributed by atoms with van der Waals surface area (Å²) in [5.41, 5.74) is 4.60. The zero-order valence-corrected chi connectivity index (χ0v) is 30.7. The third-order valence-electron chi connectivity index (χ3n) is 10.3. The summed E-state index contributed by atoms with van der Waals surface area (Å²) in [7, 11) is 1.24. The van der Waals surface area contributed by atoms with Gasteiger partial charge in [0.05, 0.1) is 13.0 Å². The molecule has 0 unspecified atom stereocenters. The predicted molar refractivity (Wildman–Crippen MR) is 207 cm³/mol. The van der Waals surface area contributed by atoms with Crippen LogP contribution in [0.15, 0.2) is 109 Å². The number of methoxy groups -OCH3 is 1. The maximum atomic E-state index is 13.8. The first kappa shape index (κ1) is 37.8. The second kappa shape index (κ2) is 17.7. The molecule has 0 spiro atoms. The van der Waals surface area contributed by atoms with E-state index in [1.807, 2.05) is 91.9 Å². The van der Waals surface area contributed by atoms with Crippen LogP contribution in [0.1, 0.15) is 68.5 Å². The molecule has 0 aliphatic carbocycles. The minimum absolute atomic E-state index is 0.0368. The number of hydrogen-bond donors (Lipinski definition) is 3. The first-order valence-electron chi connectivity index (χ1n) is 18.6. The molecule has 2 heterocycles. The molecule has 5 amide bonds. The van der Waals surface area contributed by atoms with Crippen LogP contribution in [0.2, 0.25) is 0 Å². The lowest BCUT2D eigenvalue weighted by molar-refractivity contribution is -0.142. The molecule has 0 radical (unpaired) electrons. The molecular weight excluding hydrogens is 683 g/mol. The number of benzene rings is 4. The Bertz CT molecular complexity index is 1920. The number of likely N-dealkylation sites (tertiary alicyclic amines) is 2. The van der Waals surface area contributed by atoms with Gasteiger partial charge in [0, 0.05) is 24.5 Å². The quantitative estimate of drug-likeness (QED) is 0.163. The van der Waals surface area contributed by atoms with Crippen molar-refractivity contribution >= 4 is 41.1 Å². The first-order chi connectivity index (χ1) is 26.2. The highest BCUT2D eigenvalue weighted by atomic mass is 16.5. The van der Waals surface area contributed by atoms with Crippen LogP contribution < -0.4 is 16.0 Å². The van der Waals surface area contributed by atoms with Crippen LogP contribution in [0.25, 0.3) is 11.1 Å². The fourth-order valence-electron chi connectivity index (χ4n) is 7.29. The van der Waals surface area contributed by atoms with E-state index in [1.54, 1.807) is 34.1 Å². The van der Waals surface area contributed by atoms with Gasteiger partial charge in [-0.05, 0) is 92.0 Å². The van der Waals surface area contributed by atoms with Crippen LogP contribution in [0.3, 0.4) is 0 Å². The average molecular weight is 730 g/mol. The predicted octanol–water partition coefficient (Wildman–Crippen LogP) is 6.89. The molecule has 2 fully saturated rings. The topological polar surface area (TPSA) is 137 Å². The van der Waals surface area contributed by atoms with Crippen molar-refractivity contribution in [2.75, 3.05) is 30.8 Å². The Balaban J connectivity index is 1.07. The lowest BCUT2D eigenvalue weighted by atomic mass is 9.95. The second-order valence-electron chi connectivity index (χ2n) is 13.8. The molecule has 3 N–H and O–H groups in total. The third kappa shape index (κ3) is 8.97. The Labute approximate surface area is 316 Å².